The van der Waals surface area contributed by atoms with Gasteiger partial charge in [0.25, 0.3) is 23.4 Å². The summed E-state index contributed by atoms with van der Waals surface area (Å²) < 4.78 is 72.3. The van der Waals surface area contributed by atoms with Crippen LogP contribution in [-0.2, 0) is 105 Å². The smallest absolute Gasteiger partial charge is 0.329 e. The SMILES string of the molecule is CO[C@H]1C[C@@H]2CC[C@@H](C)[C@@](O)(O2)C(=O)C(=O)N2CCCC[C@H]2C(=O)O[C@H]([C@@H](C)C[C@@H]2CC[C@@H](OCCC[Si](C)(C)O)[C@H](OC)C2)CC(=O)[C@H](C)/C=C(\C)[C@@H](O)[C@@H](OC)C(=O)[C@H](C)C[C@H](C)/C=C/C=CC=C1C.CO[C@H]1C[C@@H]2CC[C@@H](C)[C@@](O)(O2)C(=O)C(=O)N2CCCC[C@H]2C(=O)O[C@H]([C@@H](C)C[C@@H]2CC[C@@H](OCC[Si](C)(C)O)[C@H](OC)C2)CC(=O)[C@H](C)/C=C(\C)[C@@H](O)[C@@H](OC)C(=O)[C@H](C)C[C@H](C)/C=C/C=CC=C1C. The standard InChI is InChI=1S/C56H91NO14Si.C55H89NO14Si/c1-35-19-14-13-15-20-36(2)47(66-8)33-43-24-22-41(7)56(64,71-43)53(61)54(62)57-26-17-16-21-44(57)55(63)70-48(34-45(58)37(3)30-40(6)51(60)52(68-10)50(59)39(5)29-35)38(4)31-42-23-25-46(49(32-42)67-9)69-27-18-28-72(11,12)65;1-34-18-14-13-15-19-35(2)46(65-8)32-42-23-21-40(7)55(63,70-42)52(60)53(61)56-25-17-16-20-43(56)54(62)69-47(33-44(57)36(3)29-39(6)50(59)51(67-10)49(58)38(5)28-34)37(4)30-41-22-24-45(48(31-41)66-9)68-26-27-71(11,12)64/h13-15,19-20,30,35,37-39,41-44,46-49,51-52,60,64-65H,16-18,21-29,31-34H2,1-12H3;13-15,18-19,29,34,36-38,40-43,45-48,50-51,59,63-64H,16-17,20-28,30-33H2,1-12H3/b15-13?,19-14+,36-20?,40-30+;15-13?,18-14+,35-19?,39-29+/t35-,37-,38+,39-,41-,42+,43+,44+,46-,47+,48+,49-,51-,52+,56-;34-,36-,37+,38-,40-,41+,42+,43+,45-,46+,47+,48-,50-,51+,55-/m11/s1. The van der Waals surface area contributed by atoms with Crippen LogP contribution in [0.5, 0.6) is 0 Å². The average molecular weight is 2050 g/mol. The number of nitrogens with zero attached hydrogens (tertiary/aromatic N) is 2. The average Bonchev–Trinajstić information content (AvgIpc) is 0.778. The van der Waals surface area contributed by atoms with E-state index in [0.717, 1.165) is 49.3 Å². The number of esters is 2. The Morgan fingerprint density at radius 2 is 0.811 bits per heavy atom. The van der Waals surface area contributed by atoms with E-state index in [0.29, 0.717) is 133 Å². The van der Waals surface area contributed by atoms with E-state index in [9.17, 15) is 78.0 Å². The first-order valence-corrected chi connectivity index (χ1v) is 59.3. The molecular formula is C111H180N2O28Si2. The van der Waals surface area contributed by atoms with E-state index >= 15 is 0 Å². The van der Waals surface area contributed by atoms with Crippen LogP contribution in [0, 0.1) is 71.0 Å². The van der Waals surface area contributed by atoms with Crippen LogP contribution < -0.4 is 0 Å². The second-order valence-electron chi connectivity index (χ2n) is 44.3. The normalized spacial score (nSPS) is 36.9. The Balaban J connectivity index is 0.000000388. The van der Waals surface area contributed by atoms with Crippen molar-refractivity contribution in [2.75, 3.05) is 69.0 Å². The van der Waals surface area contributed by atoms with Gasteiger partial charge in [-0.2, -0.15) is 0 Å². The quantitative estimate of drug-likeness (QED) is 0.0204. The predicted molar refractivity (Wildman–Crippen MR) is 551 cm³/mol. The molecule has 4 saturated heterocycles. The van der Waals surface area contributed by atoms with Gasteiger partial charge in [-0.3, -0.25) is 38.4 Å². The van der Waals surface area contributed by atoms with E-state index in [1.54, 1.807) is 82.1 Å². The third kappa shape index (κ3) is 36.8. The highest BCUT2D eigenvalue weighted by molar-refractivity contribution is 6.70. The number of fused-ring (bicyclic) bond motifs is 6. The van der Waals surface area contributed by atoms with Gasteiger partial charge in [0, 0.05) is 130 Å². The molecule has 810 valence electrons. The summed E-state index contributed by atoms with van der Waals surface area (Å²) in [7, 11) is 4.80. The number of cyclic esters (lactones) is 2. The molecule has 6 heterocycles. The summed E-state index contributed by atoms with van der Waals surface area (Å²) in [5.74, 6) is -15.8. The molecule has 143 heavy (non-hydrogen) atoms. The van der Waals surface area contributed by atoms with Crippen LogP contribution >= 0.6 is 0 Å². The van der Waals surface area contributed by atoms with Crippen molar-refractivity contribution in [1.29, 1.82) is 0 Å². The second-order valence-corrected chi connectivity index (χ2v) is 52.6. The van der Waals surface area contributed by atoms with Crippen LogP contribution in [0.25, 0.3) is 0 Å². The van der Waals surface area contributed by atoms with Crippen molar-refractivity contribution in [3.63, 3.8) is 0 Å². The lowest BCUT2D eigenvalue weighted by atomic mass is 9.78. The van der Waals surface area contributed by atoms with Gasteiger partial charge in [0.2, 0.25) is 11.6 Å². The van der Waals surface area contributed by atoms with Crippen molar-refractivity contribution in [2.24, 2.45) is 71.0 Å². The molecule has 30 nitrogen and oxygen atoms in total. The maximum absolute atomic E-state index is 14.6. The minimum atomic E-state index is -2.43. The van der Waals surface area contributed by atoms with Gasteiger partial charge in [-0.1, -0.05) is 142 Å². The molecule has 30 atom stereocenters. The number of methoxy groups -OCH3 is 6. The number of carbonyl (C=O) groups excluding carboxylic acids is 10. The van der Waals surface area contributed by atoms with Gasteiger partial charge >= 0.3 is 11.9 Å². The number of Topliss-reactive ketones (excluding diaryl/α,β-unsaturated/α-hetero) is 6. The van der Waals surface area contributed by atoms with Crippen molar-refractivity contribution in [3.8, 4) is 0 Å². The molecule has 32 heteroatoms. The van der Waals surface area contributed by atoms with Crippen LogP contribution in [0.1, 0.15) is 257 Å². The molecule has 0 aromatic heterocycles. The van der Waals surface area contributed by atoms with Crippen molar-refractivity contribution in [2.45, 2.75) is 405 Å². The molecule has 2 amide bonds. The van der Waals surface area contributed by atoms with Crippen LogP contribution in [-0.4, -0.2) is 293 Å². The zero-order valence-electron chi connectivity index (χ0n) is 90.6. The van der Waals surface area contributed by atoms with Crippen LogP contribution in [0.15, 0.2) is 95.2 Å². The van der Waals surface area contributed by atoms with Gasteiger partial charge in [0.1, 0.15) is 60.3 Å². The summed E-state index contributed by atoms with van der Waals surface area (Å²) in [6, 6.07) is -0.919. The number of aliphatic hydroxyl groups excluding tert-OH is 2. The molecule has 8 aliphatic rings. The molecule has 0 radical (unpaired) electrons. The molecule has 8 rings (SSSR count). The number of amides is 2. The van der Waals surface area contributed by atoms with Gasteiger partial charge in [0.05, 0.1) is 48.8 Å². The number of allylic oxidation sites excluding steroid dienone is 12. The molecular weight excluding hydrogens is 1870 g/mol. The Labute approximate surface area is 855 Å². The number of rotatable bonds is 21. The molecule has 0 spiro atoms. The van der Waals surface area contributed by atoms with E-state index in [-0.39, 0.29) is 122 Å². The number of hydrogen-bond acceptors (Lipinski definition) is 28. The topological polar surface area (TPSA) is 409 Å². The summed E-state index contributed by atoms with van der Waals surface area (Å²) >= 11 is 0. The van der Waals surface area contributed by atoms with Gasteiger partial charge in [0.15, 0.2) is 28.2 Å². The predicted octanol–water partition coefficient (Wildman–Crippen LogP) is 15.2. The number of carbonyl (C=O) groups is 10. The van der Waals surface area contributed by atoms with Crippen molar-refractivity contribution in [3.05, 3.63) is 95.2 Å². The summed E-state index contributed by atoms with van der Waals surface area (Å²) in [6.45, 7) is 34.2. The molecule has 6 fully saturated rings. The summed E-state index contributed by atoms with van der Waals surface area (Å²) in [5, 5.41) is 47.1. The maximum Gasteiger partial charge on any atom is 0.329 e. The van der Waals surface area contributed by atoms with Crippen LogP contribution in [0.4, 0.5) is 0 Å². The van der Waals surface area contributed by atoms with Gasteiger partial charge < -0.3 is 96.7 Å². The zero-order valence-corrected chi connectivity index (χ0v) is 92.6. The monoisotopic (exact) mass is 2050 g/mol. The highest BCUT2D eigenvalue weighted by atomic mass is 28.4. The van der Waals surface area contributed by atoms with Crippen molar-refractivity contribution in [1.82, 2.24) is 9.80 Å². The number of aliphatic hydroxyl groups is 4. The molecule has 2 aliphatic carbocycles. The third-order valence-corrected chi connectivity index (χ3v) is 34.2. The molecule has 2 saturated carbocycles. The first-order valence-electron chi connectivity index (χ1n) is 53.0. The van der Waals surface area contributed by atoms with Gasteiger partial charge in [-0.05, 0) is 259 Å². The Kier molecular flexibility index (Phi) is 50.7. The van der Waals surface area contributed by atoms with Crippen molar-refractivity contribution >= 4 is 75.1 Å². The van der Waals surface area contributed by atoms with Crippen LogP contribution in [0.3, 0.4) is 0 Å². The molecule has 6 aliphatic heterocycles. The molecule has 0 aromatic carbocycles. The first kappa shape index (κ1) is 124. The fourth-order valence-corrected chi connectivity index (χ4v) is 23.4. The molecule has 0 unspecified atom stereocenters. The summed E-state index contributed by atoms with van der Waals surface area (Å²) in [5.41, 5.74) is 2.54. The number of ether oxygens (including phenoxy) is 12. The third-order valence-electron chi connectivity index (χ3n) is 31.2. The lowest BCUT2D eigenvalue weighted by Gasteiger charge is -2.42. The van der Waals surface area contributed by atoms with Gasteiger partial charge in [-0.15, -0.1) is 0 Å². The summed E-state index contributed by atoms with van der Waals surface area (Å²) in [6.07, 6.45) is 25.3. The fourth-order valence-electron chi connectivity index (χ4n) is 21.8. The Morgan fingerprint density at radius 1 is 0.434 bits per heavy atom. The minimum absolute atomic E-state index is 0.0154. The second kappa shape index (κ2) is 58.7. The lowest BCUT2D eigenvalue weighted by Crippen LogP contribution is -2.61. The first-order chi connectivity index (χ1) is 67.4. The minimum Gasteiger partial charge on any atom is -0.460 e. The molecule has 4 bridgehead atoms. The van der Waals surface area contributed by atoms with E-state index in [4.69, 9.17) is 56.8 Å². The summed E-state index contributed by atoms with van der Waals surface area (Å²) in [4.78, 5) is 166. The van der Waals surface area contributed by atoms with E-state index in [2.05, 4.69) is 0 Å². The Hall–Kier alpha value is -6.39. The largest absolute Gasteiger partial charge is 0.460 e. The molecule has 6 N–H and O–H groups in total. The van der Waals surface area contributed by atoms with E-state index in [1.165, 1.54) is 24.0 Å². The highest BCUT2D eigenvalue weighted by Gasteiger charge is 2.56. The lowest BCUT2D eigenvalue weighted by molar-refractivity contribution is -0.265. The van der Waals surface area contributed by atoms with E-state index in [1.807, 2.05) is 142 Å². The highest BCUT2D eigenvalue weighted by Crippen LogP contribution is 2.43. The number of hydrogen-bond donors (Lipinski definition) is 6. The van der Waals surface area contributed by atoms with E-state index < -0.39 is 172 Å². The molecule has 0 aromatic rings. The Bertz CT molecular complexity index is 4370. The number of piperidine rings is 2. The van der Waals surface area contributed by atoms with Gasteiger partial charge in [-0.25, -0.2) is 9.59 Å². The van der Waals surface area contributed by atoms with Crippen LogP contribution in [0.2, 0.25) is 38.3 Å². The number of ketones is 6. The fraction of sp³-hybridized carbons (Fsp3) is 0.766. The Morgan fingerprint density at radius 3 is 1.17 bits per heavy atom. The maximum atomic E-state index is 14.6. The zero-order chi connectivity index (χ0) is 106. The van der Waals surface area contributed by atoms with Crippen molar-refractivity contribution < 1.29 is 135 Å².